The van der Waals surface area contributed by atoms with Gasteiger partial charge in [0.1, 0.15) is 17.8 Å². The fourth-order valence-corrected chi connectivity index (χ4v) is 3.96. The molecule has 0 bridgehead atoms. The van der Waals surface area contributed by atoms with Gasteiger partial charge in [0.05, 0.1) is 39.9 Å². The second kappa shape index (κ2) is 9.34. The number of hydrogen-bond donors (Lipinski definition) is 0. The summed E-state index contributed by atoms with van der Waals surface area (Å²) in [6, 6.07) is 7.70. The molecule has 0 spiro atoms. The van der Waals surface area contributed by atoms with Gasteiger partial charge in [-0.15, -0.1) is 0 Å². The molecule has 3 rings (SSSR count). The van der Waals surface area contributed by atoms with Crippen molar-refractivity contribution in [2.45, 2.75) is 13.5 Å². The highest BCUT2D eigenvalue weighted by molar-refractivity contribution is 7.16. The van der Waals surface area contributed by atoms with Crippen molar-refractivity contribution in [2.75, 3.05) is 13.7 Å². The molecule has 0 saturated carbocycles. The molecule has 0 unspecified atom stereocenters. The van der Waals surface area contributed by atoms with Gasteiger partial charge in [0, 0.05) is 12.1 Å². The number of fused-ring (bicyclic) bond motifs is 1. The Kier molecular flexibility index (Phi) is 6.59. The smallest absolute Gasteiger partial charge is 0.326 e. The molecule has 13 heteroatoms. The number of thiazole rings is 1. The summed E-state index contributed by atoms with van der Waals surface area (Å²) in [5.74, 6) is -1.08. The zero-order valence-electron chi connectivity index (χ0n) is 16.8. The van der Waals surface area contributed by atoms with Crippen LogP contribution >= 0.6 is 11.3 Å². The maximum atomic E-state index is 12.8. The summed E-state index contributed by atoms with van der Waals surface area (Å²) in [6.45, 7) is 1.54. The third-order valence-electron chi connectivity index (χ3n) is 4.24. The first-order valence-electron chi connectivity index (χ1n) is 9.10. The normalized spacial score (nSPS) is 11.4. The molecule has 32 heavy (non-hydrogen) atoms. The topological polar surface area (TPSA) is 156 Å². The Bertz CT molecular complexity index is 1280. The van der Waals surface area contributed by atoms with Crippen LogP contribution in [-0.2, 0) is 16.1 Å². The number of aromatic nitrogens is 1. The molecule has 3 aromatic rings. The average Bonchev–Trinajstić information content (AvgIpc) is 3.10. The van der Waals surface area contributed by atoms with Crippen molar-refractivity contribution in [3.05, 3.63) is 67.0 Å². The Balaban J connectivity index is 2.19. The Morgan fingerprint density at radius 1 is 1.12 bits per heavy atom. The van der Waals surface area contributed by atoms with E-state index in [-0.39, 0.29) is 23.5 Å². The van der Waals surface area contributed by atoms with Crippen LogP contribution in [0, 0.1) is 20.2 Å². The maximum Gasteiger partial charge on any atom is 0.326 e. The quantitative estimate of drug-likeness (QED) is 0.296. The summed E-state index contributed by atoms with van der Waals surface area (Å²) >= 11 is 1.08. The third kappa shape index (κ3) is 4.62. The van der Waals surface area contributed by atoms with E-state index in [2.05, 4.69) is 4.99 Å². The molecule has 1 heterocycles. The molecule has 0 atom stereocenters. The van der Waals surface area contributed by atoms with Crippen molar-refractivity contribution >= 4 is 44.8 Å². The number of amides is 1. The Hall–Kier alpha value is -4.13. The van der Waals surface area contributed by atoms with Crippen LogP contribution in [0.2, 0.25) is 0 Å². The van der Waals surface area contributed by atoms with E-state index < -0.39 is 33.1 Å². The Labute approximate surface area is 183 Å². The van der Waals surface area contributed by atoms with E-state index in [1.807, 2.05) is 0 Å². The van der Waals surface area contributed by atoms with Crippen molar-refractivity contribution in [1.82, 2.24) is 4.57 Å². The van der Waals surface area contributed by atoms with Crippen LogP contribution < -0.4 is 9.54 Å². The van der Waals surface area contributed by atoms with Crippen molar-refractivity contribution in [1.29, 1.82) is 0 Å². The van der Waals surface area contributed by atoms with Gasteiger partial charge in [-0.2, -0.15) is 4.99 Å². The number of non-ortho nitro benzene ring substituents is 2. The van der Waals surface area contributed by atoms with Gasteiger partial charge in [0.25, 0.3) is 17.3 Å². The van der Waals surface area contributed by atoms with E-state index in [0.717, 1.165) is 29.5 Å². The number of carbonyl (C=O) groups is 2. The lowest BCUT2D eigenvalue weighted by Gasteiger charge is -2.08. The molecular weight excluding hydrogens is 444 g/mol. The summed E-state index contributed by atoms with van der Waals surface area (Å²) in [4.78, 5) is 49.6. The fourth-order valence-electron chi connectivity index (χ4n) is 2.91. The Morgan fingerprint density at radius 2 is 1.78 bits per heavy atom. The molecule has 0 aliphatic carbocycles. The van der Waals surface area contributed by atoms with Gasteiger partial charge in [-0.25, -0.2) is 0 Å². The molecule has 166 valence electrons. The Morgan fingerprint density at radius 3 is 2.34 bits per heavy atom. The molecule has 0 aliphatic rings. The molecule has 1 aromatic heterocycles. The highest BCUT2D eigenvalue weighted by Gasteiger charge is 2.21. The number of rotatable bonds is 7. The highest BCUT2D eigenvalue weighted by Crippen LogP contribution is 2.28. The van der Waals surface area contributed by atoms with Crippen molar-refractivity contribution < 1.29 is 28.9 Å². The minimum Gasteiger partial charge on any atom is -0.495 e. The summed E-state index contributed by atoms with van der Waals surface area (Å²) in [6.07, 6.45) is 0. The number of benzene rings is 2. The molecule has 0 saturated heterocycles. The largest absolute Gasteiger partial charge is 0.495 e. The fraction of sp³-hybridized carbons (Fsp3) is 0.211. The third-order valence-corrected chi connectivity index (χ3v) is 5.29. The maximum absolute atomic E-state index is 12.8. The number of para-hydroxylation sites is 1. The van der Waals surface area contributed by atoms with Gasteiger partial charge < -0.3 is 14.0 Å². The summed E-state index contributed by atoms with van der Waals surface area (Å²) < 4.78 is 12.4. The predicted molar refractivity (Wildman–Crippen MR) is 113 cm³/mol. The number of carbonyl (C=O) groups excluding carboxylic acids is 2. The summed E-state index contributed by atoms with van der Waals surface area (Å²) in [5, 5.41) is 22.2. The number of esters is 1. The minimum absolute atomic E-state index is 0.0942. The second-order valence-corrected chi connectivity index (χ2v) is 7.26. The van der Waals surface area contributed by atoms with Gasteiger partial charge in [-0.05, 0) is 19.1 Å². The van der Waals surface area contributed by atoms with E-state index in [4.69, 9.17) is 9.47 Å². The summed E-state index contributed by atoms with van der Waals surface area (Å²) in [7, 11) is 1.45. The standard InChI is InChI=1S/C19H16N4O8S/c1-3-31-16(24)10-21-17-14(30-2)5-4-6-15(17)32-19(21)20-18(25)11-7-12(22(26)27)9-13(8-11)23(28)29/h4-9H,3,10H2,1-2H3. The first kappa shape index (κ1) is 22.6. The highest BCUT2D eigenvalue weighted by atomic mass is 32.1. The monoisotopic (exact) mass is 460 g/mol. The molecule has 0 N–H and O–H groups in total. The average molecular weight is 460 g/mol. The van der Waals surface area contributed by atoms with Crippen LogP contribution in [0.4, 0.5) is 11.4 Å². The van der Waals surface area contributed by atoms with Crippen molar-refractivity contribution in [3.8, 4) is 5.75 Å². The van der Waals surface area contributed by atoms with Crippen LogP contribution in [0.25, 0.3) is 10.2 Å². The van der Waals surface area contributed by atoms with E-state index >= 15 is 0 Å². The first-order chi connectivity index (χ1) is 15.2. The molecule has 12 nitrogen and oxygen atoms in total. The van der Waals surface area contributed by atoms with Crippen LogP contribution in [0.3, 0.4) is 0 Å². The van der Waals surface area contributed by atoms with Crippen molar-refractivity contribution in [2.24, 2.45) is 4.99 Å². The second-order valence-electron chi connectivity index (χ2n) is 6.25. The van der Waals surface area contributed by atoms with Gasteiger partial charge in [0.15, 0.2) is 4.80 Å². The SMILES string of the molecule is CCOC(=O)Cn1c(=NC(=O)c2cc([N+](=O)[O-])cc([N+](=O)[O-])c2)sc2cccc(OC)c21. The molecule has 2 aromatic carbocycles. The zero-order chi connectivity index (χ0) is 23.4. The van der Waals surface area contributed by atoms with E-state index in [0.29, 0.717) is 16.0 Å². The minimum atomic E-state index is -0.945. The number of nitro benzene ring substituents is 2. The van der Waals surface area contributed by atoms with Gasteiger partial charge in [-0.1, -0.05) is 17.4 Å². The molecule has 0 fully saturated rings. The van der Waals surface area contributed by atoms with Crippen LogP contribution in [-0.4, -0.2) is 40.0 Å². The predicted octanol–water partition coefficient (Wildman–Crippen LogP) is 2.83. The molecule has 0 aliphatic heterocycles. The lowest BCUT2D eigenvalue weighted by atomic mass is 10.1. The van der Waals surface area contributed by atoms with E-state index in [1.165, 1.54) is 11.7 Å². The molecule has 1 amide bonds. The molecular formula is C19H16N4O8S. The number of nitro groups is 2. The zero-order valence-corrected chi connectivity index (χ0v) is 17.7. The van der Waals surface area contributed by atoms with Gasteiger partial charge in [0.2, 0.25) is 0 Å². The van der Waals surface area contributed by atoms with Gasteiger partial charge >= 0.3 is 5.97 Å². The van der Waals surface area contributed by atoms with Crippen LogP contribution in [0.15, 0.2) is 41.4 Å². The number of nitrogens with zero attached hydrogens (tertiary/aromatic N) is 4. The van der Waals surface area contributed by atoms with Crippen LogP contribution in [0.5, 0.6) is 5.75 Å². The number of methoxy groups -OCH3 is 1. The number of ether oxygens (including phenoxy) is 2. The van der Waals surface area contributed by atoms with E-state index in [1.54, 1.807) is 25.1 Å². The lowest BCUT2D eigenvalue weighted by Crippen LogP contribution is -2.23. The lowest BCUT2D eigenvalue weighted by molar-refractivity contribution is -0.394. The van der Waals surface area contributed by atoms with Crippen molar-refractivity contribution in [3.63, 3.8) is 0 Å². The van der Waals surface area contributed by atoms with E-state index in [9.17, 15) is 29.8 Å². The van der Waals surface area contributed by atoms with Crippen LogP contribution in [0.1, 0.15) is 17.3 Å². The number of hydrogen-bond acceptors (Lipinski definition) is 9. The summed E-state index contributed by atoms with van der Waals surface area (Å²) in [5.41, 5.74) is -1.06. The first-order valence-corrected chi connectivity index (χ1v) is 9.91. The molecule has 0 radical (unpaired) electrons. The van der Waals surface area contributed by atoms with Gasteiger partial charge in [-0.3, -0.25) is 29.8 Å².